The molecule has 0 aliphatic carbocycles. The lowest BCUT2D eigenvalue weighted by molar-refractivity contribution is -0.380. The molecular weight excluding hydrogens is 432 g/mol. The molecule has 3 aromatic rings. The lowest BCUT2D eigenvalue weighted by Gasteiger charge is -2.09. The van der Waals surface area contributed by atoms with E-state index in [1.165, 1.54) is 24.4 Å². The first kappa shape index (κ1) is 22.4. The van der Waals surface area contributed by atoms with Crippen LogP contribution in [0.1, 0.15) is 20.8 Å². The Morgan fingerprint density at radius 3 is 2.41 bits per heavy atom. The molecule has 10 heteroatoms. The minimum Gasteiger partial charge on any atom is -0.497 e. The van der Waals surface area contributed by atoms with Gasteiger partial charge in [0.2, 0.25) is 0 Å². The second-order valence-corrected chi connectivity index (χ2v) is 7.38. The maximum absolute atomic E-state index is 12.7. The molecule has 2 aromatic carbocycles. The molecule has 2 N–H and O–H groups in total. The van der Waals surface area contributed by atoms with Gasteiger partial charge >= 0.3 is 5.00 Å². The molecular formula is C22H18N4O5S. The molecule has 0 spiro atoms. The molecule has 0 radical (unpaired) electrons. The van der Waals surface area contributed by atoms with E-state index in [9.17, 15) is 19.7 Å². The van der Waals surface area contributed by atoms with Gasteiger partial charge in [-0.25, -0.2) is 5.43 Å². The average molecular weight is 450 g/mol. The summed E-state index contributed by atoms with van der Waals surface area (Å²) in [6, 6.07) is 18.2. The molecule has 0 aliphatic heterocycles. The van der Waals surface area contributed by atoms with Gasteiger partial charge in [-0.2, -0.15) is 5.10 Å². The number of amides is 2. The fourth-order valence-electron chi connectivity index (χ4n) is 2.53. The molecule has 0 unspecified atom stereocenters. The number of rotatable bonds is 8. The van der Waals surface area contributed by atoms with E-state index in [1.54, 1.807) is 61.7 Å². The number of carbonyl (C=O) groups is 2. The summed E-state index contributed by atoms with van der Waals surface area (Å²) in [6.07, 6.45) is 2.79. The average Bonchev–Trinajstić information content (AvgIpc) is 3.29. The summed E-state index contributed by atoms with van der Waals surface area (Å²) in [4.78, 5) is 36.0. The van der Waals surface area contributed by atoms with Crippen molar-refractivity contribution in [3.63, 3.8) is 0 Å². The van der Waals surface area contributed by atoms with Crippen molar-refractivity contribution in [3.05, 3.63) is 98.5 Å². The van der Waals surface area contributed by atoms with Crippen molar-refractivity contribution in [2.45, 2.75) is 0 Å². The lowest BCUT2D eigenvalue weighted by Crippen LogP contribution is -2.32. The van der Waals surface area contributed by atoms with E-state index in [2.05, 4.69) is 15.8 Å². The molecule has 0 atom stereocenters. The quantitative estimate of drug-likeness (QED) is 0.235. The Morgan fingerprint density at radius 2 is 1.78 bits per heavy atom. The predicted octanol–water partition coefficient (Wildman–Crippen LogP) is 3.59. The van der Waals surface area contributed by atoms with Crippen LogP contribution in [-0.4, -0.2) is 30.1 Å². The van der Waals surface area contributed by atoms with Crippen molar-refractivity contribution in [2.75, 3.05) is 7.11 Å². The van der Waals surface area contributed by atoms with Crippen LogP contribution in [-0.2, 0) is 4.79 Å². The fourth-order valence-corrected chi connectivity index (χ4v) is 3.23. The van der Waals surface area contributed by atoms with Crippen LogP contribution in [0.5, 0.6) is 5.75 Å². The number of nitrogens with one attached hydrogen (secondary N) is 2. The molecule has 0 fully saturated rings. The van der Waals surface area contributed by atoms with Crippen molar-refractivity contribution >= 4 is 40.4 Å². The van der Waals surface area contributed by atoms with Crippen molar-refractivity contribution in [2.24, 2.45) is 5.10 Å². The van der Waals surface area contributed by atoms with Crippen LogP contribution in [0.25, 0.3) is 6.08 Å². The highest BCUT2D eigenvalue weighted by Crippen LogP contribution is 2.22. The Morgan fingerprint density at radius 1 is 1.06 bits per heavy atom. The standard InChI is InChI=1S/C22H18N4O5S/c1-31-17-9-7-15(8-10-17)13-19(24-21(27)16-5-3-2-4-6-16)22(28)25-23-14-18-11-12-20(32-18)26(29)30/h2-14H,1H3,(H,24,27)(H,25,28)/b19-13+,23-14-. The normalized spacial score (nSPS) is 11.2. The Hall–Kier alpha value is -4.31. The number of nitro groups is 1. The smallest absolute Gasteiger partial charge is 0.324 e. The number of nitrogens with zero attached hydrogens (tertiary/aromatic N) is 2. The maximum atomic E-state index is 12.7. The van der Waals surface area contributed by atoms with Crippen LogP contribution >= 0.6 is 11.3 Å². The Bertz CT molecular complexity index is 1170. The summed E-state index contributed by atoms with van der Waals surface area (Å²) >= 11 is 0.919. The van der Waals surface area contributed by atoms with Gasteiger partial charge in [0.05, 0.1) is 23.1 Å². The monoisotopic (exact) mass is 450 g/mol. The van der Waals surface area contributed by atoms with Gasteiger partial charge in [-0.15, -0.1) is 0 Å². The molecule has 3 rings (SSSR count). The van der Waals surface area contributed by atoms with Crippen molar-refractivity contribution < 1.29 is 19.2 Å². The van der Waals surface area contributed by atoms with E-state index >= 15 is 0 Å². The van der Waals surface area contributed by atoms with Crippen LogP contribution in [0.4, 0.5) is 5.00 Å². The Labute approximate surface area is 187 Å². The van der Waals surface area contributed by atoms with Crippen LogP contribution in [0.3, 0.4) is 0 Å². The number of benzene rings is 2. The van der Waals surface area contributed by atoms with Crippen LogP contribution in [0.2, 0.25) is 0 Å². The summed E-state index contributed by atoms with van der Waals surface area (Å²) in [7, 11) is 1.55. The highest BCUT2D eigenvalue weighted by Gasteiger charge is 2.14. The number of carbonyl (C=O) groups excluding carboxylic acids is 2. The third-order valence-electron chi connectivity index (χ3n) is 4.11. The van der Waals surface area contributed by atoms with Crippen molar-refractivity contribution in [3.8, 4) is 5.75 Å². The number of hydrogen-bond donors (Lipinski definition) is 2. The number of hydrazone groups is 1. The first-order chi connectivity index (χ1) is 15.5. The number of methoxy groups -OCH3 is 1. The molecule has 0 saturated heterocycles. The van der Waals surface area contributed by atoms with Crippen molar-refractivity contribution in [1.82, 2.24) is 10.7 Å². The third-order valence-corrected chi connectivity index (χ3v) is 5.08. The molecule has 32 heavy (non-hydrogen) atoms. The van der Waals surface area contributed by atoms with Crippen LogP contribution < -0.4 is 15.5 Å². The van der Waals surface area contributed by atoms with E-state index < -0.39 is 16.7 Å². The summed E-state index contributed by atoms with van der Waals surface area (Å²) < 4.78 is 5.13. The van der Waals surface area contributed by atoms with E-state index in [-0.39, 0.29) is 10.7 Å². The van der Waals surface area contributed by atoms with Gasteiger partial charge in [0.15, 0.2) is 0 Å². The maximum Gasteiger partial charge on any atom is 0.324 e. The SMILES string of the molecule is COc1ccc(/C=C(/NC(=O)c2ccccc2)C(=O)N/N=C\c2ccc([N+](=O)[O-])s2)cc1. The minimum absolute atomic E-state index is 0.0293. The van der Waals surface area contributed by atoms with E-state index in [4.69, 9.17) is 4.74 Å². The first-order valence-corrected chi connectivity index (χ1v) is 10.1. The summed E-state index contributed by atoms with van der Waals surface area (Å²) in [5, 5.41) is 17.2. The molecule has 162 valence electrons. The molecule has 1 heterocycles. The van der Waals surface area contributed by atoms with Gasteiger partial charge in [0.25, 0.3) is 11.8 Å². The zero-order valence-corrected chi connectivity index (χ0v) is 17.7. The fraction of sp³-hybridized carbons (Fsp3) is 0.0455. The molecule has 1 aromatic heterocycles. The second-order valence-electron chi connectivity index (χ2n) is 6.28. The number of ether oxygens (including phenoxy) is 1. The third kappa shape index (κ3) is 6.09. The Kier molecular flexibility index (Phi) is 7.44. The Balaban J connectivity index is 1.78. The number of thiophene rings is 1. The van der Waals surface area contributed by atoms with Crippen molar-refractivity contribution in [1.29, 1.82) is 0 Å². The van der Waals surface area contributed by atoms with Crippen LogP contribution in [0.15, 0.2) is 77.5 Å². The highest BCUT2D eigenvalue weighted by molar-refractivity contribution is 7.16. The van der Waals surface area contributed by atoms with Gasteiger partial charge in [-0.05, 0) is 42.0 Å². The zero-order valence-electron chi connectivity index (χ0n) is 16.8. The van der Waals surface area contributed by atoms with Gasteiger partial charge < -0.3 is 10.1 Å². The van der Waals surface area contributed by atoms with Gasteiger partial charge in [-0.3, -0.25) is 19.7 Å². The highest BCUT2D eigenvalue weighted by atomic mass is 32.1. The van der Waals surface area contributed by atoms with E-state index in [1.807, 2.05) is 0 Å². The topological polar surface area (TPSA) is 123 Å². The van der Waals surface area contributed by atoms with E-state index in [0.29, 0.717) is 21.8 Å². The van der Waals surface area contributed by atoms with E-state index in [0.717, 1.165) is 11.3 Å². The van der Waals surface area contributed by atoms with Gasteiger partial charge in [0, 0.05) is 11.6 Å². The van der Waals surface area contributed by atoms with Crippen LogP contribution in [0, 0.1) is 10.1 Å². The largest absolute Gasteiger partial charge is 0.497 e. The predicted molar refractivity (Wildman–Crippen MR) is 122 cm³/mol. The minimum atomic E-state index is -0.660. The molecule has 2 amide bonds. The summed E-state index contributed by atoms with van der Waals surface area (Å²) in [5.41, 5.74) is 3.34. The zero-order chi connectivity index (χ0) is 22.9. The van der Waals surface area contributed by atoms with Gasteiger partial charge in [0.1, 0.15) is 11.4 Å². The van der Waals surface area contributed by atoms with Gasteiger partial charge in [-0.1, -0.05) is 41.7 Å². The summed E-state index contributed by atoms with van der Waals surface area (Å²) in [6.45, 7) is 0. The molecule has 9 nitrogen and oxygen atoms in total. The first-order valence-electron chi connectivity index (χ1n) is 9.26. The lowest BCUT2D eigenvalue weighted by atomic mass is 10.1. The second kappa shape index (κ2) is 10.6. The molecule has 0 aliphatic rings. The molecule has 0 saturated carbocycles. The molecule has 0 bridgehead atoms. The number of hydrogen-bond acceptors (Lipinski definition) is 7. The summed E-state index contributed by atoms with van der Waals surface area (Å²) in [5.74, 6) is -0.470.